The number of benzene rings is 2. The van der Waals surface area contributed by atoms with E-state index in [1.807, 2.05) is 0 Å². The molecule has 0 fully saturated rings. The zero-order valence-electron chi connectivity index (χ0n) is 18.3. The normalized spacial score (nSPS) is 12.9. The second-order valence-corrected chi connectivity index (χ2v) is 9.29. The molecule has 3 aromatic rings. The van der Waals surface area contributed by atoms with Crippen LogP contribution in [0.1, 0.15) is 35.1 Å². The average molecular weight is 470 g/mol. The van der Waals surface area contributed by atoms with E-state index in [1.165, 1.54) is 6.92 Å². The van der Waals surface area contributed by atoms with Crippen LogP contribution in [0.3, 0.4) is 0 Å². The third-order valence-corrected chi connectivity index (χ3v) is 6.57. The third kappa shape index (κ3) is 5.07. The third-order valence-electron chi connectivity index (χ3n) is 5.02. The Morgan fingerprint density at radius 2 is 1.88 bits per heavy atom. The van der Waals surface area contributed by atoms with Crippen LogP contribution in [-0.2, 0) is 21.4 Å². The van der Waals surface area contributed by atoms with Gasteiger partial charge in [0.2, 0.25) is 22.7 Å². The van der Waals surface area contributed by atoms with Gasteiger partial charge in [-0.2, -0.15) is 0 Å². The molecule has 2 N–H and O–H groups in total. The van der Waals surface area contributed by atoms with Gasteiger partial charge in [0.15, 0.2) is 17.3 Å². The molecule has 2 heterocycles. The summed E-state index contributed by atoms with van der Waals surface area (Å²) in [6.07, 6.45) is 3.33. The van der Waals surface area contributed by atoms with Crippen LogP contribution in [0.2, 0.25) is 0 Å². The van der Waals surface area contributed by atoms with Gasteiger partial charge in [0.25, 0.3) is 0 Å². The van der Waals surface area contributed by atoms with Crippen molar-refractivity contribution in [1.29, 1.82) is 0 Å². The van der Waals surface area contributed by atoms with Gasteiger partial charge in [-0.15, -0.1) is 0 Å². The predicted molar refractivity (Wildman–Crippen MR) is 122 cm³/mol. The molecule has 4 rings (SSSR count). The van der Waals surface area contributed by atoms with Crippen LogP contribution in [0.4, 0.5) is 5.69 Å². The predicted octanol–water partition coefficient (Wildman–Crippen LogP) is 3.63. The highest BCUT2D eigenvalue weighted by Gasteiger charge is 2.19. The summed E-state index contributed by atoms with van der Waals surface area (Å²) in [5, 5.41) is 6.55. The van der Waals surface area contributed by atoms with Crippen molar-refractivity contribution >= 4 is 33.8 Å². The summed E-state index contributed by atoms with van der Waals surface area (Å²) in [4.78, 5) is 11.6. The fourth-order valence-electron chi connectivity index (χ4n) is 3.32. The minimum atomic E-state index is -3.78. The van der Waals surface area contributed by atoms with Gasteiger partial charge in [-0.05, 0) is 54.8 Å². The lowest BCUT2D eigenvalue weighted by Gasteiger charge is -2.11. The number of hydrogen-bond acceptors (Lipinski definition) is 7. The number of fused-ring (bicyclic) bond motifs is 1. The summed E-state index contributed by atoms with van der Waals surface area (Å²) >= 11 is 0. The van der Waals surface area contributed by atoms with Crippen molar-refractivity contribution in [2.75, 3.05) is 12.1 Å². The van der Waals surface area contributed by atoms with Crippen molar-refractivity contribution in [1.82, 2.24) is 9.88 Å². The van der Waals surface area contributed by atoms with Gasteiger partial charge in [-0.3, -0.25) is 4.79 Å². The van der Waals surface area contributed by atoms with E-state index in [4.69, 9.17) is 14.0 Å². The van der Waals surface area contributed by atoms with Crippen LogP contribution in [0.25, 0.3) is 12.2 Å². The summed E-state index contributed by atoms with van der Waals surface area (Å²) in [6, 6.07) is 10.4. The molecule has 172 valence electrons. The van der Waals surface area contributed by atoms with E-state index < -0.39 is 10.0 Å². The number of carbonyl (C=O) groups is 1. The molecule has 1 amide bonds. The highest BCUT2D eigenvalue weighted by Crippen LogP contribution is 2.32. The number of nitrogens with zero attached hydrogens (tertiary/aromatic N) is 1. The fourth-order valence-corrected chi connectivity index (χ4v) is 4.61. The molecule has 2 aromatic carbocycles. The van der Waals surface area contributed by atoms with Crippen molar-refractivity contribution in [3.05, 3.63) is 64.5 Å². The largest absolute Gasteiger partial charge is 0.454 e. The van der Waals surface area contributed by atoms with Crippen molar-refractivity contribution in [2.45, 2.75) is 32.2 Å². The van der Waals surface area contributed by atoms with Crippen LogP contribution in [0, 0.1) is 13.8 Å². The van der Waals surface area contributed by atoms with Crippen LogP contribution >= 0.6 is 0 Å². The monoisotopic (exact) mass is 469 g/mol. The zero-order chi connectivity index (χ0) is 23.6. The van der Waals surface area contributed by atoms with Gasteiger partial charge in [0.1, 0.15) is 11.4 Å². The number of rotatable bonds is 7. The highest BCUT2D eigenvalue weighted by atomic mass is 32.2. The number of aryl methyl sites for hydroxylation is 2. The minimum absolute atomic E-state index is 0.107. The van der Waals surface area contributed by atoms with E-state index in [2.05, 4.69) is 15.2 Å². The summed E-state index contributed by atoms with van der Waals surface area (Å²) in [6.45, 7) is 5.11. The molecular formula is C23H23N3O6S. The number of amides is 1. The maximum absolute atomic E-state index is 13.0. The maximum atomic E-state index is 13.0. The second-order valence-electron chi connectivity index (χ2n) is 7.56. The van der Waals surface area contributed by atoms with E-state index in [0.717, 1.165) is 5.56 Å². The van der Waals surface area contributed by atoms with Crippen molar-refractivity contribution < 1.29 is 27.2 Å². The highest BCUT2D eigenvalue weighted by molar-refractivity contribution is 7.89. The van der Waals surface area contributed by atoms with Gasteiger partial charge in [-0.1, -0.05) is 29.4 Å². The summed E-state index contributed by atoms with van der Waals surface area (Å²) in [7, 11) is -3.78. The molecule has 0 spiro atoms. The van der Waals surface area contributed by atoms with E-state index in [9.17, 15) is 13.2 Å². The number of carbonyl (C=O) groups excluding carboxylic acids is 1. The first kappa shape index (κ1) is 22.6. The molecule has 1 aliphatic rings. The SMILES string of the molecule is CC(=O)Nc1c(C)noc1C=Cc1ccc(C)c(S(=O)(=O)NCc2ccc3c(c2)OCO3)c1. The number of sulfonamides is 1. The molecule has 9 nitrogen and oxygen atoms in total. The van der Waals surface area contributed by atoms with Crippen LogP contribution < -0.4 is 19.5 Å². The molecular weight excluding hydrogens is 446 g/mol. The summed E-state index contributed by atoms with van der Waals surface area (Å²) in [5.74, 6) is 1.36. The number of aromatic nitrogens is 1. The van der Waals surface area contributed by atoms with Gasteiger partial charge in [-0.25, -0.2) is 13.1 Å². The second kappa shape index (κ2) is 9.08. The lowest BCUT2D eigenvalue weighted by molar-refractivity contribution is -0.114. The lowest BCUT2D eigenvalue weighted by Crippen LogP contribution is -2.24. The molecule has 0 saturated heterocycles. The molecule has 0 aliphatic carbocycles. The Balaban J connectivity index is 1.53. The average Bonchev–Trinajstić information content (AvgIpc) is 3.38. The van der Waals surface area contributed by atoms with E-state index >= 15 is 0 Å². The molecule has 0 radical (unpaired) electrons. The number of anilines is 1. The number of nitrogens with one attached hydrogen (secondary N) is 2. The Hall–Kier alpha value is -3.63. The Bertz CT molecular complexity index is 1340. The molecule has 33 heavy (non-hydrogen) atoms. The first-order valence-corrected chi connectivity index (χ1v) is 11.6. The van der Waals surface area contributed by atoms with Crippen LogP contribution in [-0.4, -0.2) is 26.3 Å². The van der Waals surface area contributed by atoms with Gasteiger partial charge in [0.05, 0.1) is 4.90 Å². The van der Waals surface area contributed by atoms with Crippen molar-refractivity contribution in [2.24, 2.45) is 0 Å². The van der Waals surface area contributed by atoms with Crippen molar-refractivity contribution in [3.8, 4) is 11.5 Å². The molecule has 0 unspecified atom stereocenters. The van der Waals surface area contributed by atoms with E-state index in [-0.39, 0.29) is 24.1 Å². The molecule has 1 aliphatic heterocycles. The van der Waals surface area contributed by atoms with Gasteiger partial charge >= 0.3 is 0 Å². The smallest absolute Gasteiger partial charge is 0.241 e. The molecule has 0 atom stereocenters. The molecule has 0 bridgehead atoms. The summed E-state index contributed by atoms with van der Waals surface area (Å²) < 4.78 is 44.5. The Kier molecular flexibility index (Phi) is 6.21. The Morgan fingerprint density at radius 3 is 2.67 bits per heavy atom. The van der Waals surface area contributed by atoms with E-state index in [1.54, 1.807) is 62.4 Å². The minimum Gasteiger partial charge on any atom is -0.454 e. The van der Waals surface area contributed by atoms with E-state index in [0.29, 0.717) is 39.8 Å². The summed E-state index contributed by atoms with van der Waals surface area (Å²) in [5.41, 5.74) is 3.03. The van der Waals surface area contributed by atoms with Crippen LogP contribution in [0.15, 0.2) is 45.8 Å². The number of ether oxygens (including phenoxy) is 2. The first-order valence-electron chi connectivity index (χ1n) is 10.1. The Labute approximate surface area is 191 Å². The molecule has 0 saturated carbocycles. The quantitative estimate of drug-likeness (QED) is 0.542. The Morgan fingerprint density at radius 1 is 1.09 bits per heavy atom. The lowest BCUT2D eigenvalue weighted by atomic mass is 10.1. The molecule has 1 aromatic heterocycles. The first-order chi connectivity index (χ1) is 15.7. The zero-order valence-corrected chi connectivity index (χ0v) is 19.2. The molecule has 10 heteroatoms. The fraction of sp³-hybridized carbons (Fsp3) is 0.217. The number of hydrogen-bond donors (Lipinski definition) is 2. The van der Waals surface area contributed by atoms with Crippen LogP contribution in [0.5, 0.6) is 11.5 Å². The maximum Gasteiger partial charge on any atom is 0.241 e. The van der Waals surface area contributed by atoms with Gasteiger partial charge in [0, 0.05) is 13.5 Å². The topological polar surface area (TPSA) is 120 Å². The van der Waals surface area contributed by atoms with Gasteiger partial charge < -0.3 is 19.3 Å². The standard InChI is InChI=1S/C23H23N3O6S/c1-14-4-5-17(6-9-20-23(25-16(3)27)15(2)26-32-20)11-22(14)33(28,29)24-12-18-7-8-19-21(10-18)31-13-30-19/h4-11,24H,12-13H2,1-3H3,(H,25,27). The van der Waals surface area contributed by atoms with Crippen molar-refractivity contribution in [3.63, 3.8) is 0 Å².